The van der Waals surface area contributed by atoms with Gasteiger partial charge >= 0.3 is 0 Å². The molecule has 1 unspecified atom stereocenters. The van der Waals surface area contributed by atoms with Crippen LogP contribution in [0, 0.1) is 5.92 Å². The monoisotopic (exact) mass is 567 g/mol. The number of hydrogen-bond acceptors (Lipinski definition) is 8. The Morgan fingerprint density at radius 2 is 2.08 bits per heavy atom. The minimum Gasteiger partial charge on any atom is -0.487 e. The van der Waals surface area contributed by atoms with Crippen molar-refractivity contribution in [3.8, 4) is 5.75 Å². The standard InChI is InChI=1S/C27H39F2N5O4S/c1-6-19-15-20(38-17-27(2,28)29)9-10-21(19)23-12-11-22(26(36)31-23)25(32-24(35)16-33(4)39-37-5)34(30-3)14-13-18-7-8-18/h9-10,15,18,23H,3,6-8,11-14,16-17H2,1-2,4-5H3,(H,31,36)(H,32,35)/b25-22+. The molecule has 1 saturated carbocycles. The first-order chi connectivity index (χ1) is 18.5. The quantitative estimate of drug-likeness (QED) is 0.107. The third-order valence-corrected chi connectivity index (χ3v) is 7.14. The van der Waals surface area contributed by atoms with Crippen LogP contribution in [0.2, 0.25) is 0 Å². The summed E-state index contributed by atoms with van der Waals surface area (Å²) >= 11 is 1.05. The number of alkyl halides is 2. The number of nitrogens with zero attached hydrogens (tertiary/aromatic N) is 3. The van der Waals surface area contributed by atoms with Crippen molar-refractivity contribution in [3.63, 3.8) is 0 Å². The SMILES string of the molecule is C=NN(CCC1CC1)/C(NC(=O)CN(C)SOC)=C1\CCC(c2ccc(OCC(C)(F)F)cc2CC)NC1=O. The molecule has 216 valence electrons. The van der Waals surface area contributed by atoms with Crippen molar-refractivity contribution in [1.29, 1.82) is 0 Å². The average molecular weight is 568 g/mol. The highest BCUT2D eigenvalue weighted by atomic mass is 32.2. The number of ether oxygens (including phenoxy) is 1. The molecule has 1 heterocycles. The second-order valence-corrected chi connectivity index (χ2v) is 11.1. The summed E-state index contributed by atoms with van der Waals surface area (Å²) in [6.45, 7) is 6.36. The van der Waals surface area contributed by atoms with Crippen LogP contribution < -0.4 is 15.4 Å². The Balaban J connectivity index is 1.79. The third kappa shape index (κ3) is 9.47. The molecule has 3 rings (SSSR count). The van der Waals surface area contributed by atoms with Crippen molar-refractivity contribution in [2.75, 3.05) is 33.9 Å². The van der Waals surface area contributed by atoms with Gasteiger partial charge in [0, 0.05) is 27.2 Å². The molecule has 2 N–H and O–H groups in total. The lowest BCUT2D eigenvalue weighted by Gasteiger charge is -2.31. The highest BCUT2D eigenvalue weighted by Gasteiger charge is 2.31. The molecule has 1 aromatic rings. The number of carbonyl (C=O) groups is 2. The van der Waals surface area contributed by atoms with Gasteiger partial charge in [0.2, 0.25) is 5.91 Å². The zero-order valence-corrected chi connectivity index (χ0v) is 23.9. The molecule has 1 aliphatic heterocycles. The van der Waals surface area contributed by atoms with Crippen LogP contribution in [0.25, 0.3) is 0 Å². The van der Waals surface area contributed by atoms with E-state index in [-0.39, 0.29) is 24.4 Å². The Morgan fingerprint density at radius 1 is 1.33 bits per heavy atom. The van der Waals surface area contributed by atoms with Gasteiger partial charge in [-0.3, -0.25) is 9.59 Å². The second kappa shape index (κ2) is 14.1. The first-order valence-corrected chi connectivity index (χ1v) is 13.9. The number of aryl methyl sites for hydroxylation is 1. The number of likely N-dealkylation sites (N-methyl/N-ethyl adjacent to an activating group) is 1. The topological polar surface area (TPSA) is 95.5 Å². The van der Waals surface area contributed by atoms with E-state index < -0.39 is 12.5 Å². The molecule has 2 aliphatic rings. The number of hydrogen-bond donors (Lipinski definition) is 2. The molecular formula is C27H39F2N5O4S. The van der Waals surface area contributed by atoms with Crippen LogP contribution in [0.5, 0.6) is 5.75 Å². The van der Waals surface area contributed by atoms with Crippen LogP contribution in [0.4, 0.5) is 8.78 Å². The lowest BCUT2D eigenvalue weighted by atomic mass is 9.90. The van der Waals surface area contributed by atoms with E-state index in [0.717, 1.165) is 36.7 Å². The van der Waals surface area contributed by atoms with Crippen LogP contribution in [-0.2, 0) is 20.2 Å². The Morgan fingerprint density at radius 3 is 2.67 bits per heavy atom. The maximum atomic E-state index is 13.4. The molecule has 1 aromatic carbocycles. The van der Waals surface area contributed by atoms with Crippen LogP contribution in [0.15, 0.2) is 34.7 Å². The molecule has 1 atom stereocenters. The molecule has 2 amide bonds. The van der Waals surface area contributed by atoms with Gasteiger partial charge in [0.1, 0.15) is 11.6 Å². The number of piperidine rings is 1. The number of hydrazone groups is 1. The summed E-state index contributed by atoms with van der Waals surface area (Å²) in [5.74, 6) is -2.18. The van der Waals surface area contributed by atoms with E-state index in [1.807, 2.05) is 13.0 Å². The summed E-state index contributed by atoms with van der Waals surface area (Å²) in [6, 6.07) is 4.95. The first-order valence-electron chi connectivity index (χ1n) is 13.2. The van der Waals surface area contributed by atoms with E-state index in [0.29, 0.717) is 48.9 Å². The van der Waals surface area contributed by atoms with Crippen LogP contribution in [0.3, 0.4) is 0 Å². The van der Waals surface area contributed by atoms with E-state index in [2.05, 4.69) is 22.5 Å². The smallest absolute Gasteiger partial charge is 0.278 e. The van der Waals surface area contributed by atoms with Gasteiger partial charge in [0.25, 0.3) is 11.8 Å². The average Bonchev–Trinajstić information content (AvgIpc) is 3.71. The van der Waals surface area contributed by atoms with E-state index in [9.17, 15) is 18.4 Å². The lowest BCUT2D eigenvalue weighted by Crippen LogP contribution is -2.43. The molecule has 12 heteroatoms. The number of rotatable bonds is 15. The molecular weight excluding hydrogens is 528 g/mol. The van der Waals surface area contributed by atoms with Crippen molar-refractivity contribution >= 4 is 30.8 Å². The first kappa shape index (κ1) is 30.8. The van der Waals surface area contributed by atoms with Gasteiger partial charge in [-0.1, -0.05) is 25.8 Å². The van der Waals surface area contributed by atoms with E-state index >= 15 is 0 Å². The Labute approximate surface area is 233 Å². The summed E-state index contributed by atoms with van der Waals surface area (Å²) in [5.41, 5.74) is 2.26. The fraction of sp³-hybridized carbons (Fsp3) is 0.593. The fourth-order valence-corrected chi connectivity index (χ4v) is 4.92. The normalized spacial score (nSPS) is 18.9. The Bertz CT molecular complexity index is 1060. The van der Waals surface area contributed by atoms with Gasteiger partial charge in [0.15, 0.2) is 6.61 Å². The minimum absolute atomic E-state index is 0.0470. The zero-order valence-electron chi connectivity index (χ0n) is 23.1. The van der Waals surface area contributed by atoms with Crippen molar-refractivity contribution < 1.29 is 27.3 Å². The molecule has 0 radical (unpaired) electrons. The van der Waals surface area contributed by atoms with Crippen LogP contribution in [0.1, 0.15) is 63.1 Å². The number of benzene rings is 1. The summed E-state index contributed by atoms with van der Waals surface area (Å²) in [5, 5.41) is 11.7. The number of nitrogens with one attached hydrogen (secondary N) is 2. The zero-order chi connectivity index (χ0) is 28.6. The lowest BCUT2D eigenvalue weighted by molar-refractivity contribution is -0.121. The van der Waals surface area contributed by atoms with E-state index in [1.54, 1.807) is 28.5 Å². The predicted octanol–water partition coefficient (Wildman–Crippen LogP) is 4.42. The number of halogens is 2. The summed E-state index contributed by atoms with van der Waals surface area (Å²) in [6.07, 6.45) is 4.90. The van der Waals surface area contributed by atoms with E-state index in [4.69, 9.17) is 8.92 Å². The maximum absolute atomic E-state index is 13.4. The minimum atomic E-state index is -2.93. The number of amides is 2. The highest BCUT2D eigenvalue weighted by Crippen LogP contribution is 2.34. The molecule has 0 aromatic heterocycles. The molecule has 2 fully saturated rings. The van der Waals surface area contributed by atoms with E-state index in [1.165, 1.54) is 20.0 Å². The van der Waals surface area contributed by atoms with Crippen LogP contribution in [-0.4, -0.2) is 67.6 Å². The van der Waals surface area contributed by atoms with Crippen molar-refractivity contribution in [1.82, 2.24) is 19.9 Å². The van der Waals surface area contributed by atoms with Gasteiger partial charge in [-0.05, 0) is 54.9 Å². The predicted molar refractivity (Wildman–Crippen MR) is 148 cm³/mol. The number of carbonyl (C=O) groups excluding carboxylic acids is 2. The Kier molecular flexibility index (Phi) is 11.1. The molecule has 39 heavy (non-hydrogen) atoms. The summed E-state index contributed by atoms with van der Waals surface area (Å²) in [7, 11) is 3.25. The maximum Gasteiger partial charge on any atom is 0.278 e. The van der Waals surface area contributed by atoms with Gasteiger partial charge in [-0.15, -0.1) is 0 Å². The fourth-order valence-electron chi connectivity index (χ4n) is 4.49. The van der Waals surface area contributed by atoms with Gasteiger partial charge in [0.05, 0.1) is 37.5 Å². The van der Waals surface area contributed by atoms with Gasteiger partial charge in [-0.25, -0.2) is 18.1 Å². The van der Waals surface area contributed by atoms with Crippen molar-refractivity contribution in [2.24, 2.45) is 11.0 Å². The summed E-state index contributed by atoms with van der Waals surface area (Å²) in [4.78, 5) is 26.3. The van der Waals surface area contributed by atoms with Crippen molar-refractivity contribution in [3.05, 3.63) is 40.7 Å². The molecule has 1 aliphatic carbocycles. The second-order valence-electron chi connectivity index (χ2n) is 10.0. The Hall–Kier alpha value is -2.70. The molecule has 9 nitrogen and oxygen atoms in total. The summed E-state index contributed by atoms with van der Waals surface area (Å²) < 4.78 is 38.4. The van der Waals surface area contributed by atoms with Gasteiger partial charge < -0.3 is 19.6 Å². The molecule has 0 spiro atoms. The third-order valence-electron chi connectivity index (χ3n) is 6.61. The molecule has 1 saturated heterocycles. The highest BCUT2D eigenvalue weighted by molar-refractivity contribution is 7.92. The van der Waals surface area contributed by atoms with Gasteiger partial charge in [-0.2, -0.15) is 5.10 Å². The van der Waals surface area contributed by atoms with Crippen LogP contribution >= 0.6 is 12.2 Å². The largest absolute Gasteiger partial charge is 0.487 e. The van der Waals surface area contributed by atoms with Crippen molar-refractivity contribution in [2.45, 2.75) is 64.3 Å². The molecule has 0 bridgehead atoms.